The van der Waals surface area contributed by atoms with Crippen LogP contribution in [0.15, 0.2) is 72.9 Å². The fourth-order valence-corrected chi connectivity index (χ4v) is 7.59. The van der Waals surface area contributed by atoms with Crippen molar-refractivity contribution in [2.24, 2.45) is 0 Å². The van der Waals surface area contributed by atoms with Crippen LogP contribution < -0.4 is 0 Å². The Morgan fingerprint density at radius 3 is 1.38 bits per heavy atom. The predicted octanol–water partition coefficient (Wildman–Crippen LogP) is 15.8. The second kappa shape index (κ2) is 46.5. The Balaban J connectivity index is 4.22. The molecule has 0 amide bonds. The molecule has 0 saturated heterocycles. The second-order valence-electron chi connectivity index (χ2n) is 18.2. The number of nitrogens with zero attached hydrogens (tertiary/aromatic N) is 1. The number of likely N-dealkylation sites (N-methyl/N-ethyl adjacent to an activating group) is 1. The van der Waals surface area contributed by atoms with Crippen molar-refractivity contribution in [2.75, 3.05) is 54.1 Å². The summed E-state index contributed by atoms with van der Waals surface area (Å²) in [4.78, 5) is 23.0. The molecule has 0 spiro atoms. The first kappa shape index (κ1) is 60.9. The molecule has 0 aromatic heterocycles. The number of allylic oxidation sites excluding steroid dienone is 12. The third-order valence-corrected chi connectivity index (χ3v) is 11.8. The summed E-state index contributed by atoms with van der Waals surface area (Å²) in [6.07, 6.45) is 60.9. The molecule has 0 rings (SSSR count). The highest BCUT2D eigenvalue weighted by molar-refractivity contribution is 7.47. The van der Waals surface area contributed by atoms with Gasteiger partial charge in [0.25, 0.3) is 0 Å². The van der Waals surface area contributed by atoms with Crippen LogP contribution in [0, 0.1) is 0 Å². The van der Waals surface area contributed by atoms with E-state index in [0.717, 1.165) is 83.5 Å². The number of carbonyl (C=O) groups excluding carboxylic acids is 1. The Hall–Kier alpha value is -2.06. The Bertz CT molecular complexity index is 1230. The van der Waals surface area contributed by atoms with E-state index in [9.17, 15) is 14.3 Å². The lowest BCUT2D eigenvalue weighted by Gasteiger charge is -2.24. The van der Waals surface area contributed by atoms with Gasteiger partial charge < -0.3 is 18.9 Å². The van der Waals surface area contributed by atoms with Gasteiger partial charge in [0.15, 0.2) is 0 Å². The van der Waals surface area contributed by atoms with Crippen molar-refractivity contribution in [1.29, 1.82) is 0 Å². The van der Waals surface area contributed by atoms with Gasteiger partial charge in [-0.1, -0.05) is 209 Å². The molecule has 0 saturated carbocycles. The van der Waals surface area contributed by atoms with Gasteiger partial charge in [0, 0.05) is 13.0 Å². The molecule has 0 fully saturated rings. The van der Waals surface area contributed by atoms with E-state index in [1.54, 1.807) is 0 Å². The fraction of sp³-hybridized carbons (Fsp3) is 0.759. The number of unbranched alkanes of at least 4 members (excludes halogenated alkanes) is 21. The van der Waals surface area contributed by atoms with E-state index in [2.05, 4.69) is 86.8 Å². The molecule has 2 unspecified atom stereocenters. The van der Waals surface area contributed by atoms with Gasteiger partial charge in [0.1, 0.15) is 19.3 Å². The number of carbonyl (C=O) groups is 1. The summed E-state index contributed by atoms with van der Waals surface area (Å²) in [5, 5.41) is 0. The molecular weight excluding hydrogens is 806 g/mol. The molecule has 0 aliphatic heterocycles. The van der Waals surface area contributed by atoms with Crippen LogP contribution in [0.5, 0.6) is 0 Å². The third kappa shape index (κ3) is 50.8. The van der Waals surface area contributed by atoms with Crippen LogP contribution in [0.4, 0.5) is 0 Å². The summed E-state index contributed by atoms with van der Waals surface area (Å²) in [5.74, 6) is -0.337. The van der Waals surface area contributed by atoms with E-state index in [-0.39, 0.29) is 25.8 Å². The Labute approximate surface area is 389 Å². The van der Waals surface area contributed by atoms with Crippen molar-refractivity contribution < 1.29 is 37.3 Å². The van der Waals surface area contributed by atoms with Gasteiger partial charge in [-0.3, -0.25) is 13.8 Å². The van der Waals surface area contributed by atoms with Gasteiger partial charge >= 0.3 is 13.8 Å². The lowest BCUT2D eigenvalue weighted by molar-refractivity contribution is -0.870. The first-order chi connectivity index (χ1) is 30.6. The number of hydrogen-bond donors (Lipinski definition) is 1. The van der Waals surface area contributed by atoms with Gasteiger partial charge in [-0.15, -0.1) is 0 Å². The molecule has 366 valence electrons. The maximum Gasteiger partial charge on any atom is 0.472 e. The second-order valence-corrected chi connectivity index (χ2v) is 19.6. The number of ether oxygens (including phenoxy) is 2. The minimum absolute atomic E-state index is 0.0810. The summed E-state index contributed by atoms with van der Waals surface area (Å²) in [7, 11) is 1.65. The van der Waals surface area contributed by atoms with Crippen LogP contribution in [-0.2, 0) is 27.9 Å². The van der Waals surface area contributed by atoms with E-state index < -0.39 is 13.9 Å². The number of hydrogen-bond acceptors (Lipinski definition) is 6. The van der Waals surface area contributed by atoms with Crippen LogP contribution >= 0.6 is 7.82 Å². The Morgan fingerprint density at radius 1 is 0.508 bits per heavy atom. The topological polar surface area (TPSA) is 91.3 Å². The molecular formula is C54H99NO7P+. The van der Waals surface area contributed by atoms with Gasteiger partial charge in [-0.2, -0.15) is 0 Å². The molecule has 0 aliphatic carbocycles. The summed E-state index contributed by atoms with van der Waals surface area (Å²) < 4.78 is 35.1. The minimum Gasteiger partial charge on any atom is -0.457 e. The number of rotatable bonds is 47. The molecule has 0 heterocycles. The quantitative estimate of drug-likeness (QED) is 0.0214. The number of phosphoric acid groups is 1. The lowest BCUT2D eigenvalue weighted by Crippen LogP contribution is -2.37. The van der Waals surface area contributed by atoms with Crippen LogP contribution in [0.2, 0.25) is 0 Å². The van der Waals surface area contributed by atoms with Gasteiger partial charge in [0.05, 0.1) is 34.4 Å². The van der Waals surface area contributed by atoms with Gasteiger partial charge in [-0.25, -0.2) is 4.57 Å². The zero-order valence-corrected chi connectivity index (χ0v) is 42.4. The third-order valence-electron chi connectivity index (χ3n) is 10.8. The van der Waals surface area contributed by atoms with Crippen molar-refractivity contribution in [3.8, 4) is 0 Å². The standard InChI is InChI=1S/C54H98NO7P/c1-6-8-10-12-14-16-18-20-22-24-26-27-28-29-30-31-33-35-37-39-41-43-45-47-54(56)62-53(52-61-63(57,58)60-50-48-55(3,4)5)51-59-49-46-44-42-40-38-36-34-32-25-23-21-19-17-15-13-11-9-7-2/h8,10,14,16,20,22,26-27,29-30,33,35,53H,6-7,9,11-13,15,17-19,21,23-25,28,31-32,34,36-52H2,1-5H3/p+1/b10-8-,16-14-,22-20-,27-26-,30-29-,35-33-. The number of esters is 1. The summed E-state index contributed by atoms with van der Waals surface area (Å²) in [6, 6.07) is 0. The highest BCUT2D eigenvalue weighted by atomic mass is 31.2. The predicted molar refractivity (Wildman–Crippen MR) is 270 cm³/mol. The highest BCUT2D eigenvalue weighted by Gasteiger charge is 2.26. The maximum atomic E-state index is 12.8. The summed E-state index contributed by atoms with van der Waals surface area (Å²) in [6.45, 7) is 5.49. The van der Waals surface area contributed by atoms with Crippen LogP contribution in [0.25, 0.3) is 0 Å². The van der Waals surface area contributed by atoms with E-state index in [4.69, 9.17) is 18.5 Å². The average molecular weight is 905 g/mol. The van der Waals surface area contributed by atoms with Crippen LogP contribution in [-0.4, -0.2) is 75.6 Å². The molecule has 2 atom stereocenters. The number of quaternary nitrogens is 1. The minimum atomic E-state index is -4.29. The van der Waals surface area contributed by atoms with Crippen molar-refractivity contribution in [3.05, 3.63) is 72.9 Å². The Morgan fingerprint density at radius 2 is 0.921 bits per heavy atom. The zero-order valence-electron chi connectivity index (χ0n) is 41.5. The lowest BCUT2D eigenvalue weighted by atomic mass is 10.0. The summed E-state index contributed by atoms with van der Waals surface area (Å²) in [5.41, 5.74) is 0. The van der Waals surface area contributed by atoms with Crippen molar-refractivity contribution in [2.45, 2.75) is 213 Å². The van der Waals surface area contributed by atoms with Crippen molar-refractivity contribution in [1.82, 2.24) is 0 Å². The van der Waals surface area contributed by atoms with E-state index in [1.807, 2.05) is 21.1 Å². The number of phosphoric ester groups is 1. The van der Waals surface area contributed by atoms with Crippen LogP contribution in [0.1, 0.15) is 206 Å². The molecule has 9 heteroatoms. The SMILES string of the molecule is CC/C=C\C/C=C\C/C=C\C/C=C\C/C=C\C/C=C\CCCCCCC(=O)OC(COCCCCCCCCCCCCCCCCCCCC)COP(=O)(O)OCC[N+](C)(C)C. The largest absolute Gasteiger partial charge is 0.472 e. The van der Waals surface area contributed by atoms with Gasteiger partial charge in [-0.05, 0) is 64.2 Å². The summed E-state index contributed by atoms with van der Waals surface area (Å²) >= 11 is 0. The molecule has 0 aromatic carbocycles. The van der Waals surface area contributed by atoms with Crippen molar-refractivity contribution >= 4 is 13.8 Å². The first-order valence-corrected chi connectivity index (χ1v) is 27.2. The average Bonchev–Trinajstić information content (AvgIpc) is 3.24. The van der Waals surface area contributed by atoms with E-state index in [0.29, 0.717) is 24.1 Å². The molecule has 63 heavy (non-hydrogen) atoms. The Kier molecular flexibility index (Phi) is 44.9. The fourth-order valence-electron chi connectivity index (χ4n) is 6.85. The monoisotopic (exact) mass is 905 g/mol. The molecule has 0 bridgehead atoms. The van der Waals surface area contributed by atoms with E-state index >= 15 is 0 Å². The van der Waals surface area contributed by atoms with Crippen LogP contribution in [0.3, 0.4) is 0 Å². The molecule has 8 nitrogen and oxygen atoms in total. The molecule has 0 aromatic rings. The van der Waals surface area contributed by atoms with Gasteiger partial charge in [0.2, 0.25) is 0 Å². The maximum absolute atomic E-state index is 12.8. The molecule has 0 radical (unpaired) electrons. The van der Waals surface area contributed by atoms with Crippen molar-refractivity contribution in [3.63, 3.8) is 0 Å². The van der Waals surface area contributed by atoms with E-state index in [1.165, 1.54) is 103 Å². The first-order valence-electron chi connectivity index (χ1n) is 25.7. The molecule has 0 aliphatic rings. The highest BCUT2D eigenvalue weighted by Crippen LogP contribution is 2.43. The molecule has 1 N–H and O–H groups in total. The smallest absolute Gasteiger partial charge is 0.457 e. The normalized spacial score (nSPS) is 14.2. The zero-order chi connectivity index (χ0) is 46.2.